The molecule has 148 valence electrons. The van der Waals surface area contributed by atoms with Crippen LogP contribution in [0, 0.1) is 17.1 Å². The number of carbonyl (C=O) groups excluding carboxylic acids is 1. The van der Waals surface area contributed by atoms with Crippen LogP contribution in [0.2, 0.25) is 0 Å². The van der Waals surface area contributed by atoms with Crippen molar-refractivity contribution in [1.29, 1.82) is 5.26 Å². The summed E-state index contributed by atoms with van der Waals surface area (Å²) in [6.45, 7) is 2.20. The summed E-state index contributed by atoms with van der Waals surface area (Å²) in [5.74, 6) is -0.223. The normalized spacial score (nSPS) is 21.6. The number of allylic oxidation sites excluding steroid dienone is 1. The van der Waals surface area contributed by atoms with Crippen molar-refractivity contribution in [2.24, 2.45) is 16.5 Å². The lowest BCUT2D eigenvalue weighted by Gasteiger charge is -2.37. The first-order valence-electron chi connectivity index (χ1n) is 8.89. The van der Waals surface area contributed by atoms with Gasteiger partial charge < -0.3 is 21.3 Å². The van der Waals surface area contributed by atoms with Crippen LogP contribution in [0.3, 0.4) is 0 Å². The van der Waals surface area contributed by atoms with E-state index in [9.17, 15) is 9.18 Å². The molecule has 1 aromatic carbocycles. The molecule has 0 bridgehead atoms. The number of carbonyl (C=O) groups is 1. The monoisotopic (exact) mass is 405 g/mol. The molecular weight excluding hydrogens is 385 g/mol. The first-order valence-corrected chi connectivity index (χ1v) is 9.26. The van der Waals surface area contributed by atoms with Gasteiger partial charge >= 0.3 is 6.03 Å². The fourth-order valence-electron chi connectivity index (χ4n) is 3.47. The lowest BCUT2D eigenvalue weighted by molar-refractivity contribution is 0.161. The number of nitriles is 1. The molecule has 28 heavy (non-hydrogen) atoms. The molecule has 2 aliphatic heterocycles. The van der Waals surface area contributed by atoms with Crippen LogP contribution >= 0.6 is 11.6 Å². The van der Waals surface area contributed by atoms with Crippen LogP contribution in [0.4, 0.5) is 14.9 Å². The number of hydrogen-bond acceptors (Lipinski definition) is 4. The molecule has 1 aromatic rings. The number of nitrogens with zero attached hydrogens (tertiary/aromatic N) is 5. The highest BCUT2D eigenvalue weighted by Crippen LogP contribution is 2.25. The van der Waals surface area contributed by atoms with Crippen LogP contribution in [-0.2, 0) is 0 Å². The molecule has 8 nitrogen and oxygen atoms in total. The number of likely N-dealkylation sites (tertiary alicyclic amines) is 1. The minimum atomic E-state index is -0.377. The summed E-state index contributed by atoms with van der Waals surface area (Å²) in [5.41, 5.74) is 11.8. The van der Waals surface area contributed by atoms with Crippen LogP contribution in [-0.4, -0.2) is 54.0 Å². The molecule has 0 aromatic heterocycles. The van der Waals surface area contributed by atoms with Gasteiger partial charge in [0, 0.05) is 31.9 Å². The van der Waals surface area contributed by atoms with Crippen LogP contribution in [0.15, 0.2) is 40.1 Å². The van der Waals surface area contributed by atoms with Gasteiger partial charge in [0.05, 0.1) is 6.04 Å². The maximum atomic E-state index is 13.5. The van der Waals surface area contributed by atoms with Gasteiger partial charge in [0.1, 0.15) is 17.6 Å². The van der Waals surface area contributed by atoms with E-state index in [4.69, 9.17) is 28.3 Å². The number of anilines is 1. The molecule has 1 unspecified atom stereocenters. The molecule has 4 N–H and O–H groups in total. The Balaban J connectivity index is 1.70. The van der Waals surface area contributed by atoms with E-state index >= 15 is 0 Å². The molecule has 2 amide bonds. The zero-order chi connectivity index (χ0) is 20.3. The predicted molar refractivity (Wildman–Crippen MR) is 105 cm³/mol. The van der Waals surface area contributed by atoms with Crippen molar-refractivity contribution in [3.05, 3.63) is 40.9 Å². The maximum absolute atomic E-state index is 13.5. The van der Waals surface area contributed by atoms with E-state index in [2.05, 4.69) is 4.99 Å². The van der Waals surface area contributed by atoms with Crippen molar-refractivity contribution < 1.29 is 9.18 Å². The highest BCUT2D eigenvalue weighted by molar-refractivity contribution is 6.30. The highest BCUT2D eigenvalue weighted by Gasteiger charge is 2.36. The molecule has 2 heterocycles. The van der Waals surface area contributed by atoms with E-state index < -0.39 is 0 Å². The molecule has 2 fully saturated rings. The van der Waals surface area contributed by atoms with Gasteiger partial charge in [0.15, 0.2) is 11.1 Å². The third-order valence-electron chi connectivity index (χ3n) is 4.88. The summed E-state index contributed by atoms with van der Waals surface area (Å²) in [5, 5.41) is 8.61. The van der Waals surface area contributed by atoms with E-state index in [0.717, 1.165) is 12.8 Å². The zero-order valence-corrected chi connectivity index (χ0v) is 15.9. The number of aliphatic imine (C=N–C) groups is 1. The minimum Gasteiger partial charge on any atom is -0.388 e. The second-order valence-corrected chi connectivity index (χ2v) is 6.99. The Morgan fingerprint density at radius 1 is 1.32 bits per heavy atom. The Morgan fingerprint density at radius 2 is 2.11 bits per heavy atom. The van der Waals surface area contributed by atoms with E-state index in [1.807, 2.05) is 4.90 Å². The molecule has 2 aliphatic rings. The number of nitrogens with two attached hydrogens (primary N) is 2. The van der Waals surface area contributed by atoms with Gasteiger partial charge in [-0.05, 0) is 31.0 Å². The number of hydrogen-bond donors (Lipinski definition) is 2. The van der Waals surface area contributed by atoms with Crippen LogP contribution in [0.5, 0.6) is 0 Å². The number of piperidine rings is 1. The van der Waals surface area contributed by atoms with Gasteiger partial charge in [0.2, 0.25) is 0 Å². The molecule has 1 atom stereocenters. The van der Waals surface area contributed by atoms with Crippen molar-refractivity contribution in [2.75, 3.05) is 31.1 Å². The summed E-state index contributed by atoms with van der Waals surface area (Å²) >= 11 is 5.87. The molecule has 2 saturated heterocycles. The number of urea groups is 1. The quantitative estimate of drug-likeness (QED) is 0.344. The number of rotatable bonds is 3. The van der Waals surface area contributed by atoms with Crippen molar-refractivity contribution >= 4 is 29.3 Å². The topological polar surface area (TPSA) is 115 Å². The fourth-order valence-corrected chi connectivity index (χ4v) is 3.60. The van der Waals surface area contributed by atoms with Gasteiger partial charge in [-0.3, -0.25) is 4.90 Å². The Hall–Kier alpha value is -2.99. The molecule has 10 heteroatoms. The average molecular weight is 406 g/mol. The lowest BCUT2D eigenvalue weighted by Crippen LogP contribution is -2.52. The van der Waals surface area contributed by atoms with Crippen LogP contribution in [0.1, 0.15) is 12.8 Å². The molecule has 0 saturated carbocycles. The van der Waals surface area contributed by atoms with Crippen molar-refractivity contribution in [3.63, 3.8) is 0 Å². The van der Waals surface area contributed by atoms with Gasteiger partial charge in [0.25, 0.3) is 0 Å². The number of guanidine groups is 1. The summed E-state index contributed by atoms with van der Waals surface area (Å²) in [6.07, 6.45) is 1.65. The predicted octanol–water partition coefficient (Wildman–Crippen LogP) is 1.74. The first kappa shape index (κ1) is 19.8. The van der Waals surface area contributed by atoms with Crippen molar-refractivity contribution in [2.45, 2.75) is 18.9 Å². The third-order valence-corrected chi connectivity index (χ3v) is 5.17. The average Bonchev–Trinajstić information content (AvgIpc) is 3.08. The Kier molecular flexibility index (Phi) is 5.90. The largest absolute Gasteiger partial charge is 0.388 e. The van der Waals surface area contributed by atoms with Crippen LogP contribution in [0.25, 0.3) is 0 Å². The van der Waals surface area contributed by atoms with E-state index in [0.29, 0.717) is 31.9 Å². The zero-order valence-electron chi connectivity index (χ0n) is 15.2. The van der Waals surface area contributed by atoms with Crippen molar-refractivity contribution in [1.82, 2.24) is 9.80 Å². The number of amides is 2. The highest BCUT2D eigenvalue weighted by atomic mass is 35.5. The van der Waals surface area contributed by atoms with E-state index in [-0.39, 0.29) is 34.7 Å². The second kappa shape index (κ2) is 8.35. The summed E-state index contributed by atoms with van der Waals surface area (Å²) in [6, 6.07) is 7.52. The van der Waals surface area contributed by atoms with Crippen molar-refractivity contribution in [3.8, 4) is 6.07 Å². The van der Waals surface area contributed by atoms with Gasteiger partial charge in [-0.25, -0.2) is 14.2 Å². The third kappa shape index (κ3) is 4.12. The van der Waals surface area contributed by atoms with Gasteiger partial charge in [-0.15, -0.1) is 0 Å². The standard InChI is InChI=1S/C18H21ClFN7O/c19-16(15(22)10-21)24-17(23)25-6-2-5-14(11-25)27-8-7-26(18(27)28)13-4-1-3-12(20)9-13/h1,3-4,9,14H,2,5-8,11,22H2,(H2,23,24)/b16-15-. The maximum Gasteiger partial charge on any atom is 0.324 e. The molecule has 0 aliphatic carbocycles. The smallest absolute Gasteiger partial charge is 0.324 e. The summed E-state index contributed by atoms with van der Waals surface area (Å²) in [7, 11) is 0. The molecule has 0 radical (unpaired) electrons. The first-order chi connectivity index (χ1) is 13.4. The molecular formula is C18H21ClFN7O. The van der Waals surface area contributed by atoms with Gasteiger partial charge in [-0.1, -0.05) is 17.7 Å². The van der Waals surface area contributed by atoms with Gasteiger partial charge in [-0.2, -0.15) is 5.26 Å². The van der Waals surface area contributed by atoms with Crippen LogP contribution < -0.4 is 16.4 Å². The Bertz CT molecular complexity index is 866. The van der Waals surface area contributed by atoms with E-state index in [1.54, 1.807) is 28.0 Å². The minimum absolute atomic E-state index is 0.0513. The lowest BCUT2D eigenvalue weighted by atomic mass is 10.0. The SMILES string of the molecule is N#C/C(N)=C(\Cl)N=C(N)N1CCCC(N2CCN(c3cccc(F)c3)C2=O)C1. The molecule has 3 rings (SSSR count). The fraction of sp³-hybridized carbons (Fsp3) is 0.389. The van der Waals surface area contributed by atoms with E-state index in [1.165, 1.54) is 12.1 Å². The summed E-state index contributed by atoms with van der Waals surface area (Å²) < 4.78 is 13.5. The Labute approximate surface area is 167 Å². The number of benzene rings is 1. The second-order valence-electron chi connectivity index (χ2n) is 6.64. The summed E-state index contributed by atoms with van der Waals surface area (Å²) in [4.78, 5) is 22.0. The molecule has 0 spiro atoms. The Morgan fingerprint density at radius 3 is 2.82 bits per heavy atom. The number of halogens is 2.